The molecule has 0 aromatic rings. The van der Waals surface area contributed by atoms with Crippen molar-refractivity contribution >= 4 is 12.6 Å². The molecule has 0 aromatic carbocycles. The van der Waals surface area contributed by atoms with E-state index in [9.17, 15) is 0 Å². The van der Waals surface area contributed by atoms with E-state index in [1.165, 1.54) is 0 Å². The molecule has 0 radical (unpaired) electrons. The normalized spacial score (nSPS) is 16.8. The average molecular weight is 162 g/mol. The predicted molar refractivity (Wildman–Crippen MR) is 48.6 cm³/mol. The summed E-state index contributed by atoms with van der Waals surface area (Å²) in [6.45, 7) is 3.97. The first-order chi connectivity index (χ1) is 4.66. The highest BCUT2D eigenvalue weighted by molar-refractivity contribution is 7.80. The van der Waals surface area contributed by atoms with Crippen LogP contribution in [0.15, 0.2) is 0 Å². The number of hydrogen-bond acceptors (Lipinski definition) is 2. The van der Waals surface area contributed by atoms with Crippen LogP contribution in [0, 0.1) is 0 Å². The molecule has 2 heteroatoms. The fourth-order valence-corrected chi connectivity index (χ4v) is 1.04. The van der Waals surface area contributed by atoms with Crippen LogP contribution in [0.1, 0.15) is 39.5 Å². The molecule has 0 bridgehead atoms. The first-order valence-electron chi connectivity index (χ1n) is 4.03. The van der Waals surface area contributed by atoms with Crippen molar-refractivity contribution in [1.29, 1.82) is 0 Å². The Balaban J connectivity index is 3.03. The first-order valence-corrected chi connectivity index (χ1v) is 4.54. The molecule has 0 aliphatic carbocycles. The van der Waals surface area contributed by atoms with E-state index in [1.807, 2.05) is 6.92 Å². The summed E-state index contributed by atoms with van der Waals surface area (Å²) in [7, 11) is 0. The highest BCUT2D eigenvalue weighted by Gasteiger charge is 2.00. The van der Waals surface area contributed by atoms with Gasteiger partial charge in [0.1, 0.15) is 0 Å². The minimum absolute atomic E-state index is 0.141. The van der Waals surface area contributed by atoms with Crippen LogP contribution in [0.25, 0.3) is 0 Å². The largest absolute Gasteiger partial charge is 0.393 e. The Morgan fingerprint density at radius 1 is 1.40 bits per heavy atom. The van der Waals surface area contributed by atoms with Crippen molar-refractivity contribution in [3.05, 3.63) is 0 Å². The highest BCUT2D eigenvalue weighted by atomic mass is 32.1. The molecule has 2 atom stereocenters. The second kappa shape index (κ2) is 6.05. The summed E-state index contributed by atoms with van der Waals surface area (Å²) in [5, 5.41) is 9.44. The van der Waals surface area contributed by atoms with E-state index in [-0.39, 0.29) is 6.10 Å². The van der Waals surface area contributed by atoms with Gasteiger partial charge in [-0.3, -0.25) is 0 Å². The van der Waals surface area contributed by atoms with Crippen LogP contribution in [0.3, 0.4) is 0 Å². The molecule has 0 aliphatic rings. The lowest BCUT2D eigenvalue weighted by molar-refractivity contribution is 0.180. The maximum atomic E-state index is 8.91. The molecule has 1 N–H and O–H groups in total. The molecule has 0 aromatic heterocycles. The van der Waals surface area contributed by atoms with Gasteiger partial charge in [0.2, 0.25) is 0 Å². The van der Waals surface area contributed by atoms with Crippen molar-refractivity contribution in [2.45, 2.75) is 50.9 Å². The molecule has 0 aliphatic heterocycles. The van der Waals surface area contributed by atoms with Gasteiger partial charge in [-0.25, -0.2) is 0 Å². The molecule has 0 rings (SSSR count). The molecular formula is C8H18OS. The van der Waals surface area contributed by atoms with E-state index in [0.29, 0.717) is 5.25 Å². The topological polar surface area (TPSA) is 20.2 Å². The van der Waals surface area contributed by atoms with Crippen molar-refractivity contribution in [3.63, 3.8) is 0 Å². The second-order valence-corrected chi connectivity index (χ2v) is 3.57. The van der Waals surface area contributed by atoms with Gasteiger partial charge in [0.25, 0.3) is 0 Å². The lowest BCUT2D eigenvalue weighted by atomic mass is 10.1. The molecular weight excluding hydrogens is 144 g/mol. The number of hydrogen-bond donors (Lipinski definition) is 2. The summed E-state index contributed by atoms with van der Waals surface area (Å²) in [4.78, 5) is 0. The SMILES string of the molecule is CCC(S)CCCC(C)O. The Labute approximate surface area is 69.2 Å². The molecule has 0 spiro atoms. The number of aliphatic hydroxyl groups excluding tert-OH is 1. The van der Waals surface area contributed by atoms with Gasteiger partial charge >= 0.3 is 0 Å². The van der Waals surface area contributed by atoms with Crippen molar-refractivity contribution in [1.82, 2.24) is 0 Å². The third-order valence-electron chi connectivity index (χ3n) is 1.63. The average Bonchev–Trinajstić information content (AvgIpc) is 1.87. The molecule has 0 fully saturated rings. The highest BCUT2D eigenvalue weighted by Crippen LogP contribution is 2.11. The van der Waals surface area contributed by atoms with Crippen LogP contribution in [0.5, 0.6) is 0 Å². The van der Waals surface area contributed by atoms with E-state index in [1.54, 1.807) is 0 Å². The zero-order chi connectivity index (χ0) is 7.98. The summed E-state index contributed by atoms with van der Waals surface area (Å²) in [6.07, 6.45) is 4.13. The van der Waals surface area contributed by atoms with Crippen molar-refractivity contribution < 1.29 is 5.11 Å². The van der Waals surface area contributed by atoms with Gasteiger partial charge in [-0.15, -0.1) is 0 Å². The van der Waals surface area contributed by atoms with Crippen molar-refractivity contribution in [3.8, 4) is 0 Å². The molecule has 0 amide bonds. The zero-order valence-electron chi connectivity index (χ0n) is 6.88. The summed E-state index contributed by atoms with van der Waals surface area (Å²) in [5.74, 6) is 0. The van der Waals surface area contributed by atoms with Gasteiger partial charge in [0.05, 0.1) is 6.10 Å². The third-order valence-corrected chi connectivity index (χ3v) is 2.25. The summed E-state index contributed by atoms with van der Waals surface area (Å²) in [6, 6.07) is 0. The van der Waals surface area contributed by atoms with Gasteiger partial charge in [-0.2, -0.15) is 12.6 Å². The Morgan fingerprint density at radius 3 is 2.40 bits per heavy atom. The van der Waals surface area contributed by atoms with Crippen LogP contribution in [0.4, 0.5) is 0 Å². The zero-order valence-corrected chi connectivity index (χ0v) is 7.77. The van der Waals surface area contributed by atoms with Crippen LogP contribution in [0.2, 0.25) is 0 Å². The summed E-state index contributed by atoms with van der Waals surface area (Å²) in [5.41, 5.74) is 0. The van der Waals surface area contributed by atoms with E-state index >= 15 is 0 Å². The monoisotopic (exact) mass is 162 g/mol. The molecule has 0 heterocycles. The molecule has 1 nitrogen and oxygen atoms in total. The summed E-state index contributed by atoms with van der Waals surface area (Å²) >= 11 is 4.35. The van der Waals surface area contributed by atoms with Crippen LogP contribution < -0.4 is 0 Å². The van der Waals surface area contributed by atoms with Crippen LogP contribution in [-0.4, -0.2) is 16.5 Å². The molecule has 10 heavy (non-hydrogen) atoms. The lowest BCUT2D eigenvalue weighted by Crippen LogP contribution is -2.02. The Kier molecular flexibility index (Phi) is 6.24. The fraction of sp³-hybridized carbons (Fsp3) is 1.00. The predicted octanol–water partition coefficient (Wildman–Crippen LogP) is 2.25. The minimum Gasteiger partial charge on any atom is -0.393 e. The fourth-order valence-electron chi connectivity index (χ4n) is 0.853. The van der Waals surface area contributed by atoms with E-state index in [2.05, 4.69) is 19.6 Å². The Bertz CT molecular complexity index is 73.7. The quantitative estimate of drug-likeness (QED) is 0.594. The minimum atomic E-state index is -0.141. The summed E-state index contributed by atoms with van der Waals surface area (Å²) < 4.78 is 0. The molecule has 62 valence electrons. The molecule has 2 unspecified atom stereocenters. The standard InChI is InChI=1S/C8H18OS/c1-3-8(10)6-4-5-7(2)9/h7-10H,3-6H2,1-2H3. The van der Waals surface area contributed by atoms with E-state index in [4.69, 9.17) is 5.11 Å². The molecule has 0 saturated carbocycles. The van der Waals surface area contributed by atoms with Gasteiger partial charge in [0, 0.05) is 5.25 Å². The third kappa shape index (κ3) is 6.43. The van der Waals surface area contributed by atoms with Gasteiger partial charge in [0.15, 0.2) is 0 Å². The number of rotatable bonds is 5. The van der Waals surface area contributed by atoms with Gasteiger partial charge < -0.3 is 5.11 Å². The first kappa shape index (κ1) is 10.3. The van der Waals surface area contributed by atoms with Crippen molar-refractivity contribution in [2.75, 3.05) is 0 Å². The smallest absolute Gasteiger partial charge is 0.0512 e. The molecule has 0 saturated heterocycles. The van der Waals surface area contributed by atoms with Gasteiger partial charge in [-0.1, -0.05) is 6.92 Å². The second-order valence-electron chi connectivity index (χ2n) is 2.84. The lowest BCUT2D eigenvalue weighted by Gasteiger charge is -2.07. The van der Waals surface area contributed by atoms with Gasteiger partial charge in [-0.05, 0) is 32.6 Å². The van der Waals surface area contributed by atoms with E-state index < -0.39 is 0 Å². The maximum Gasteiger partial charge on any atom is 0.0512 e. The Hall–Kier alpha value is 0.310. The maximum absolute atomic E-state index is 8.91. The Morgan fingerprint density at radius 2 is 2.00 bits per heavy atom. The van der Waals surface area contributed by atoms with Crippen LogP contribution >= 0.6 is 12.6 Å². The van der Waals surface area contributed by atoms with Crippen LogP contribution in [-0.2, 0) is 0 Å². The van der Waals surface area contributed by atoms with Crippen molar-refractivity contribution in [2.24, 2.45) is 0 Å². The number of aliphatic hydroxyl groups is 1. The van der Waals surface area contributed by atoms with E-state index in [0.717, 1.165) is 25.7 Å². The number of thiol groups is 1.